The number of carbonyl (C=O) groups excluding carboxylic acids is 2. The Hall–Kier alpha value is -3.49. The minimum absolute atomic E-state index is 0.118. The zero-order valence-electron chi connectivity index (χ0n) is 11.7. The Bertz CT molecular complexity index is 916. The Balaban J connectivity index is 1.69. The van der Waals surface area contributed by atoms with Crippen molar-refractivity contribution >= 4 is 22.8 Å². The van der Waals surface area contributed by atoms with Crippen LogP contribution in [-0.4, -0.2) is 26.6 Å². The fourth-order valence-corrected chi connectivity index (χ4v) is 1.92. The minimum atomic E-state index is -0.785. The number of nitrogens with one attached hydrogen (secondary N) is 2. The molecule has 0 saturated heterocycles. The molecule has 9 nitrogen and oxygen atoms in total. The predicted octanol–water partition coefficient (Wildman–Crippen LogP) is -0.154. The van der Waals surface area contributed by atoms with Crippen LogP contribution in [0.25, 0.3) is 11.0 Å². The van der Waals surface area contributed by atoms with Gasteiger partial charge in [0.1, 0.15) is 30.3 Å². The van der Waals surface area contributed by atoms with Crippen molar-refractivity contribution in [3.05, 3.63) is 59.0 Å². The van der Waals surface area contributed by atoms with E-state index in [1.54, 1.807) is 24.3 Å². The largest absolute Gasteiger partial charge is 0.422 e. The highest BCUT2D eigenvalue weighted by molar-refractivity contribution is 5.97. The van der Waals surface area contributed by atoms with Crippen molar-refractivity contribution in [3.8, 4) is 0 Å². The van der Waals surface area contributed by atoms with Gasteiger partial charge in [0.05, 0.1) is 0 Å². The summed E-state index contributed by atoms with van der Waals surface area (Å²) in [5.41, 5.74) is 3.73. The molecule has 0 unspecified atom stereocenters. The molecule has 0 radical (unpaired) electrons. The van der Waals surface area contributed by atoms with Crippen molar-refractivity contribution in [2.24, 2.45) is 0 Å². The third-order valence-electron chi connectivity index (χ3n) is 2.97. The number of hydrogen-bond donors (Lipinski definition) is 2. The van der Waals surface area contributed by atoms with Crippen molar-refractivity contribution in [3.63, 3.8) is 0 Å². The predicted molar refractivity (Wildman–Crippen MR) is 78.1 cm³/mol. The second kappa shape index (κ2) is 6.10. The van der Waals surface area contributed by atoms with Gasteiger partial charge in [-0.2, -0.15) is 5.10 Å². The van der Waals surface area contributed by atoms with Crippen molar-refractivity contribution in [2.75, 3.05) is 0 Å². The molecule has 0 fully saturated rings. The van der Waals surface area contributed by atoms with Gasteiger partial charge < -0.3 is 4.42 Å². The van der Waals surface area contributed by atoms with Crippen LogP contribution in [0.15, 0.2) is 52.2 Å². The molecule has 0 aliphatic heterocycles. The maximum atomic E-state index is 12.0. The normalized spacial score (nSPS) is 10.4. The first kappa shape index (κ1) is 14.4. The fourth-order valence-electron chi connectivity index (χ4n) is 1.92. The number of fused-ring (bicyclic) bond motifs is 1. The quantitative estimate of drug-likeness (QED) is 0.512. The zero-order chi connectivity index (χ0) is 16.2. The molecule has 2 amide bonds. The van der Waals surface area contributed by atoms with Gasteiger partial charge in [-0.05, 0) is 12.1 Å². The molecule has 2 heterocycles. The van der Waals surface area contributed by atoms with Crippen LogP contribution in [0.5, 0.6) is 0 Å². The van der Waals surface area contributed by atoms with Crippen LogP contribution in [0.4, 0.5) is 0 Å². The second-order valence-corrected chi connectivity index (χ2v) is 4.58. The van der Waals surface area contributed by atoms with Gasteiger partial charge in [0.25, 0.3) is 11.8 Å². The number of para-hydroxylation sites is 1. The lowest BCUT2D eigenvalue weighted by Crippen LogP contribution is -2.44. The van der Waals surface area contributed by atoms with E-state index in [-0.39, 0.29) is 12.1 Å². The maximum absolute atomic E-state index is 12.0. The Morgan fingerprint density at radius 1 is 1.22 bits per heavy atom. The lowest BCUT2D eigenvalue weighted by Gasteiger charge is -2.07. The van der Waals surface area contributed by atoms with E-state index in [0.29, 0.717) is 11.0 Å². The van der Waals surface area contributed by atoms with Crippen LogP contribution in [0.3, 0.4) is 0 Å². The molecule has 116 valence electrons. The maximum Gasteiger partial charge on any atom is 0.349 e. The van der Waals surface area contributed by atoms with Gasteiger partial charge in [0, 0.05) is 5.39 Å². The first-order valence-electron chi connectivity index (χ1n) is 6.58. The van der Waals surface area contributed by atoms with E-state index in [1.807, 2.05) is 0 Å². The molecule has 0 saturated carbocycles. The van der Waals surface area contributed by atoms with Crippen LogP contribution in [0, 0.1) is 0 Å². The fraction of sp³-hybridized carbons (Fsp3) is 0.0714. The number of rotatable bonds is 3. The summed E-state index contributed by atoms with van der Waals surface area (Å²) < 4.78 is 6.34. The van der Waals surface area contributed by atoms with Crippen molar-refractivity contribution < 1.29 is 14.0 Å². The van der Waals surface area contributed by atoms with E-state index in [0.717, 1.165) is 0 Å². The smallest absolute Gasteiger partial charge is 0.349 e. The Kier molecular flexibility index (Phi) is 3.83. The molecule has 1 aromatic carbocycles. The Labute approximate surface area is 128 Å². The van der Waals surface area contributed by atoms with E-state index in [4.69, 9.17) is 4.42 Å². The first-order chi connectivity index (χ1) is 11.1. The Morgan fingerprint density at radius 3 is 2.83 bits per heavy atom. The summed E-state index contributed by atoms with van der Waals surface area (Å²) in [6, 6.07) is 8.20. The van der Waals surface area contributed by atoms with Crippen LogP contribution in [0.2, 0.25) is 0 Å². The number of hydrogen-bond acceptors (Lipinski definition) is 6. The molecule has 3 rings (SSSR count). The highest BCUT2D eigenvalue weighted by Gasteiger charge is 2.14. The molecule has 23 heavy (non-hydrogen) atoms. The van der Waals surface area contributed by atoms with E-state index in [1.165, 1.54) is 23.4 Å². The highest BCUT2D eigenvalue weighted by atomic mass is 16.4. The van der Waals surface area contributed by atoms with Gasteiger partial charge in [-0.15, -0.1) is 0 Å². The van der Waals surface area contributed by atoms with Crippen molar-refractivity contribution in [2.45, 2.75) is 6.54 Å². The molecule has 2 N–H and O–H groups in total. The standard InChI is InChI=1S/C14H11N5O4/c20-12(6-19-8-15-7-16-19)17-18-13(21)10-5-9-3-1-2-4-11(9)23-14(10)22/h1-5,7-8H,6H2,(H,17,20)(H,18,21). The highest BCUT2D eigenvalue weighted by Crippen LogP contribution is 2.12. The molecular formula is C14H11N5O4. The monoisotopic (exact) mass is 313 g/mol. The molecule has 2 aromatic heterocycles. The topological polar surface area (TPSA) is 119 Å². The molecule has 0 bridgehead atoms. The molecule has 0 aliphatic rings. The summed E-state index contributed by atoms with van der Waals surface area (Å²) in [6.45, 7) is -0.118. The van der Waals surface area contributed by atoms with Gasteiger partial charge in [-0.3, -0.25) is 20.4 Å². The minimum Gasteiger partial charge on any atom is -0.422 e. The number of amides is 2. The lowest BCUT2D eigenvalue weighted by molar-refractivity contribution is -0.122. The van der Waals surface area contributed by atoms with Crippen LogP contribution < -0.4 is 16.5 Å². The van der Waals surface area contributed by atoms with E-state index >= 15 is 0 Å². The van der Waals surface area contributed by atoms with Gasteiger partial charge in [0.2, 0.25) is 0 Å². The van der Waals surface area contributed by atoms with Crippen LogP contribution in [0.1, 0.15) is 10.4 Å². The number of nitrogens with zero attached hydrogens (tertiary/aromatic N) is 3. The summed E-state index contributed by atoms with van der Waals surface area (Å²) >= 11 is 0. The average molecular weight is 313 g/mol. The summed E-state index contributed by atoms with van der Waals surface area (Å²) in [5, 5.41) is 4.36. The number of hydrazine groups is 1. The molecule has 0 atom stereocenters. The summed E-state index contributed by atoms with van der Waals surface area (Å²) in [4.78, 5) is 39.1. The average Bonchev–Trinajstić information content (AvgIpc) is 3.05. The van der Waals surface area contributed by atoms with Gasteiger partial charge in [-0.1, -0.05) is 18.2 Å². The van der Waals surface area contributed by atoms with Gasteiger partial charge in [0.15, 0.2) is 0 Å². The third kappa shape index (κ3) is 3.23. The zero-order valence-corrected chi connectivity index (χ0v) is 11.7. The molecule has 0 spiro atoms. The number of carbonyl (C=O) groups is 2. The van der Waals surface area contributed by atoms with Gasteiger partial charge >= 0.3 is 5.63 Å². The van der Waals surface area contributed by atoms with E-state index < -0.39 is 17.4 Å². The van der Waals surface area contributed by atoms with Gasteiger partial charge in [-0.25, -0.2) is 14.5 Å². The van der Waals surface area contributed by atoms with Crippen molar-refractivity contribution in [1.82, 2.24) is 25.6 Å². The number of aromatic nitrogens is 3. The Morgan fingerprint density at radius 2 is 2.04 bits per heavy atom. The van der Waals surface area contributed by atoms with E-state index in [9.17, 15) is 14.4 Å². The summed E-state index contributed by atoms with van der Waals surface area (Å²) in [6.07, 6.45) is 2.64. The van der Waals surface area contributed by atoms with E-state index in [2.05, 4.69) is 20.9 Å². The number of benzene rings is 1. The first-order valence-corrected chi connectivity index (χ1v) is 6.58. The van der Waals surface area contributed by atoms with Crippen molar-refractivity contribution in [1.29, 1.82) is 0 Å². The molecule has 0 aliphatic carbocycles. The SMILES string of the molecule is O=C(Cn1cncn1)NNC(=O)c1cc2ccccc2oc1=O. The summed E-state index contributed by atoms with van der Waals surface area (Å²) in [5.74, 6) is -1.29. The second-order valence-electron chi connectivity index (χ2n) is 4.58. The van der Waals surface area contributed by atoms with Crippen LogP contribution >= 0.6 is 0 Å². The van der Waals surface area contributed by atoms with Crippen LogP contribution in [-0.2, 0) is 11.3 Å². The third-order valence-corrected chi connectivity index (χ3v) is 2.97. The molecular weight excluding hydrogens is 302 g/mol. The summed E-state index contributed by atoms with van der Waals surface area (Å²) in [7, 11) is 0. The lowest BCUT2D eigenvalue weighted by atomic mass is 10.2. The molecule has 3 aromatic rings. The molecule has 9 heteroatoms.